The van der Waals surface area contributed by atoms with Gasteiger partial charge in [0, 0.05) is 6.04 Å². The summed E-state index contributed by atoms with van der Waals surface area (Å²) in [6.07, 6.45) is 6.55. The topological polar surface area (TPSA) is 46.2 Å². The molecule has 0 radical (unpaired) electrons. The summed E-state index contributed by atoms with van der Waals surface area (Å²) in [4.78, 5) is 0. The van der Waals surface area contributed by atoms with Crippen molar-refractivity contribution in [2.24, 2.45) is 0 Å². The maximum atomic E-state index is 12.2. The third-order valence-electron chi connectivity index (χ3n) is 4.23. The molecule has 5 heteroatoms. The minimum atomic E-state index is -3.20. The minimum absolute atomic E-state index is 0. The van der Waals surface area contributed by atoms with Crippen LogP contribution in [0, 0.1) is 0 Å². The Bertz CT molecular complexity index is 541. The summed E-state index contributed by atoms with van der Waals surface area (Å²) in [7, 11) is -3.20. The summed E-state index contributed by atoms with van der Waals surface area (Å²) in [6.45, 7) is 8.40. The van der Waals surface area contributed by atoms with Gasteiger partial charge in [-0.15, -0.1) is 0 Å². The van der Waals surface area contributed by atoms with Gasteiger partial charge in [0.05, 0.1) is 5.75 Å². The summed E-state index contributed by atoms with van der Waals surface area (Å²) >= 11 is 0. The molecule has 0 aliphatic heterocycles. The molecule has 0 aromatic heterocycles. The highest BCUT2D eigenvalue weighted by atomic mass is 32.2. The molecule has 0 bridgehead atoms. The maximum Gasteiger partial charge on any atom is 0.212 e. The normalized spacial score (nSPS) is 12.9. The van der Waals surface area contributed by atoms with Crippen LogP contribution in [0.15, 0.2) is 24.3 Å². The van der Waals surface area contributed by atoms with Crippen molar-refractivity contribution in [2.75, 3.05) is 5.75 Å². The Balaban J connectivity index is 0.00000529. The molecule has 1 atom stereocenters. The van der Waals surface area contributed by atoms with Crippen LogP contribution < -0.4 is 4.72 Å². The zero-order valence-electron chi connectivity index (χ0n) is 15.5. The Morgan fingerprint density at radius 1 is 0.875 bits per heavy atom. The summed E-state index contributed by atoms with van der Waals surface area (Å²) in [5.41, 5.74) is 2.29. The van der Waals surface area contributed by atoms with Crippen molar-refractivity contribution in [3.05, 3.63) is 35.4 Å². The fourth-order valence-corrected chi connectivity index (χ4v) is 4.02. The molecule has 0 spiro atoms. The van der Waals surface area contributed by atoms with Crippen molar-refractivity contribution in [3.63, 3.8) is 0 Å². The van der Waals surface area contributed by atoms with Crippen molar-refractivity contribution >= 4 is 10.0 Å². The van der Waals surface area contributed by atoms with Crippen LogP contribution in [0.1, 0.15) is 89.3 Å². The van der Waals surface area contributed by atoms with Crippen LogP contribution >= 0.6 is 0 Å². The molecule has 140 valence electrons. The van der Waals surface area contributed by atoms with Gasteiger partial charge in [-0.25, -0.2) is 13.1 Å². The lowest BCUT2D eigenvalue weighted by molar-refractivity contribution is 0.558. The highest BCUT2D eigenvalue weighted by Crippen LogP contribution is 2.19. The Hall–Kier alpha value is -0.940. The molecule has 0 saturated carbocycles. The van der Waals surface area contributed by atoms with E-state index in [4.69, 9.17) is 0 Å². The maximum absolute atomic E-state index is 12.2. The number of halogens is 1. The van der Waals surface area contributed by atoms with E-state index in [2.05, 4.69) is 37.6 Å². The van der Waals surface area contributed by atoms with E-state index in [0.29, 0.717) is 5.92 Å². The van der Waals surface area contributed by atoms with Gasteiger partial charge in [0.15, 0.2) is 0 Å². The molecule has 1 N–H and O–H groups in total. The van der Waals surface area contributed by atoms with Crippen LogP contribution in [-0.4, -0.2) is 14.2 Å². The van der Waals surface area contributed by atoms with Crippen molar-refractivity contribution < 1.29 is 13.1 Å². The molecule has 0 fully saturated rings. The van der Waals surface area contributed by atoms with Gasteiger partial charge in [0.1, 0.15) is 0 Å². The SMILES string of the molecule is CCCCCCCCS(=O)(=O)NC(C)c1ccc(C(C)C)cc1.F. The quantitative estimate of drug-likeness (QED) is 0.545. The van der Waals surface area contributed by atoms with E-state index >= 15 is 0 Å². The van der Waals surface area contributed by atoms with Gasteiger partial charge in [-0.2, -0.15) is 0 Å². The number of sulfonamides is 1. The first-order valence-corrected chi connectivity index (χ1v) is 10.6. The summed E-state index contributed by atoms with van der Waals surface area (Å²) < 4.78 is 27.1. The molecule has 1 unspecified atom stereocenters. The van der Waals surface area contributed by atoms with E-state index in [0.717, 1.165) is 24.8 Å². The molecule has 0 aliphatic rings. The summed E-state index contributed by atoms with van der Waals surface area (Å²) in [5, 5.41) is 0. The Labute approximate surface area is 147 Å². The number of benzene rings is 1. The zero-order valence-corrected chi connectivity index (χ0v) is 16.4. The number of hydrogen-bond acceptors (Lipinski definition) is 2. The average Bonchev–Trinajstić information content (AvgIpc) is 2.50. The second-order valence-electron chi connectivity index (χ2n) is 6.75. The number of unbranched alkanes of at least 4 members (excludes halogenated alkanes) is 5. The van der Waals surface area contributed by atoms with E-state index in [1.807, 2.05) is 19.1 Å². The van der Waals surface area contributed by atoms with E-state index in [9.17, 15) is 8.42 Å². The molecule has 1 rings (SSSR count). The molecule has 3 nitrogen and oxygen atoms in total. The predicted molar refractivity (Wildman–Crippen MR) is 102 cm³/mol. The van der Waals surface area contributed by atoms with Crippen LogP contribution in [0.3, 0.4) is 0 Å². The van der Waals surface area contributed by atoms with Gasteiger partial charge in [0.2, 0.25) is 10.0 Å². The highest BCUT2D eigenvalue weighted by Gasteiger charge is 2.15. The van der Waals surface area contributed by atoms with Gasteiger partial charge in [-0.3, -0.25) is 4.70 Å². The number of nitrogens with one attached hydrogen (secondary N) is 1. The first-order valence-electron chi connectivity index (χ1n) is 8.95. The van der Waals surface area contributed by atoms with E-state index in [1.54, 1.807) is 0 Å². The molecular formula is C19H34FNO2S. The first kappa shape index (κ1) is 23.1. The van der Waals surface area contributed by atoms with Gasteiger partial charge >= 0.3 is 0 Å². The van der Waals surface area contributed by atoms with E-state index in [1.165, 1.54) is 24.8 Å². The largest absolute Gasteiger partial charge is 0.269 e. The Morgan fingerprint density at radius 2 is 1.38 bits per heavy atom. The third-order valence-corrected chi connectivity index (χ3v) is 5.76. The number of hydrogen-bond donors (Lipinski definition) is 1. The molecule has 0 aliphatic carbocycles. The van der Waals surface area contributed by atoms with Crippen molar-refractivity contribution in [3.8, 4) is 0 Å². The zero-order chi connectivity index (χ0) is 17.3. The molecular weight excluding hydrogens is 325 g/mol. The van der Waals surface area contributed by atoms with Gasteiger partial charge in [0.25, 0.3) is 0 Å². The van der Waals surface area contributed by atoms with Crippen molar-refractivity contribution in [1.29, 1.82) is 0 Å². The smallest absolute Gasteiger partial charge is 0.212 e. The lowest BCUT2D eigenvalue weighted by atomic mass is 10.00. The molecule has 1 aromatic rings. The third kappa shape index (κ3) is 8.78. The lowest BCUT2D eigenvalue weighted by Crippen LogP contribution is -2.29. The first-order chi connectivity index (χ1) is 10.9. The van der Waals surface area contributed by atoms with Crippen LogP contribution in [0.2, 0.25) is 0 Å². The highest BCUT2D eigenvalue weighted by molar-refractivity contribution is 7.89. The molecule has 0 heterocycles. The average molecular weight is 360 g/mol. The van der Waals surface area contributed by atoms with E-state index in [-0.39, 0.29) is 16.5 Å². The molecule has 1 aromatic carbocycles. The van der Waals surface area contributed by atoms with E-state index < -0.39 is 10.0 Å². The molecule has 24 heavy (non-hydrogen) atoms. The molecule has 0 saturated heterocycles. The number of rotatable bonds is 11. The van der Waals surface area contributed by atoms with Gasteiger partial charge in [-0.1, -0.05) is 77.1 Å². The standard InChI is InChI=1S/C19H33NO2S.FH/c1-5-6-7-8-9-10-15-23(21,22)20-17(4)19-13-11-18(12-14-19)16(2)3;/h11-14,16-17,20H,5-10,15H2,1-4H3;1H. The van der Waals surface area contributed by atoms with Crippen molar-refractivity contribution in [2.45, 2.75) is 78.2 Å². The summed E-state index contributed by atoms with van der Waals surface area (Å²) in [6, 6.07) is 8.03. The fourth-order valence-electron chi connectivity index (χ4n) is 2.64. The Kier molecular flexibility index (Phi) is 11.1. The van der Waals surface area contributed by atoms with Crippen LogP contribution in [-0.2, 0) is 10.0 Å². The molecule has 0 amide bonds. The van der Waals surface area contributed by atoms with Crippen LogP contribution in [0.4, 0.5) is 4.70 Å². The minimum Gasteiger partial charge on any atom is -0.269 e. The monoisotopic (exact) mass is 359 g/mol. The van der Waals surface area contributed by atoms with Gasteiger partial charge in [-0.05, 0) is 30.4 Å². The summed E-state index contributed by atoms with van der Waals surface area (Å²) in [5.74, 6) is 0.719. The second-order valence-corrected chi connectivity index (χ2v) is 8.62. The fraction of sp³-hybridized carbons (Fsp3) is 0.684. The lowest BCUT2D eigenvalue weighted by Gasteiger charge is -2.16. The van der Waals surface area contributed by atoms with Crippen molar-refractivity contribution in [1.82, 2.24) is 4.72 Å². The predicted octanol–water partition coefficient (Wildman–Crippen LogP) is 5.30. The van der Waals surface area contributed by atoms with Crippen LogP contribution in [0.25, 0.3) is 0 Å². The van der Waals surface area contributed by atoms with Crippen LogP contribution in [0.5, 0.6) is 0 Å². The second kappa shape index (κ2) is 11.6. The Morgan fingerprint density at radius 3 is 1.92 bits per heavy atom. The van der Waals surface area contributed by atoms with Gasteiger partial charge < -0.3 is 0 Å².